The molecule has 0 heterocycles. The molecule has 1 aromatic carbocycles. The maximum atomic E-state index is 11.9. The van der Waals surface area contributed by atoms with Crippen molar-refractivity contribution in [3.63, 3.8) is 0 Å². The van der Waals surface area contributed by atoms with Gasteiger partial charge in [-0.15, -0.1) is 0 Å². The van der Waals surface area contributed by atoms with Crippen molar-refractivity contribution >= 4 is 11.6 Å². The van der Waals surface area contributed by atoms with Crippen molar-refractivity contribution in [2.45, 2.75) is 26.8 Å². The Bertz CT molecular complexity index is 547. The van der Waals surface area contributed by atoms with Crippen LogP contribution >= 0.6 is 0 Å². The lowest BCUT2D eigenvalue weighted by atomic mass is 10.0. The highest BCUT2D eigenvalue weighted by Gasteiger charge is 2.18. The van der Waals surface area contributed by atoms with Gasteiger partial charge in [-0.1, -0.05) is 13.8 Å². The second-order valence-corrected chi connectivity index (χ2v) is 4.58. The molecule has 100 valence electrons. The van der Waals surface area contributed by atoms with Crippen LogP contribution in [0.25, 0.3) is 0 Å². The largest absolute Gasteiger partial charge is 0.336 e. The summed E-state index contributed by atoms with van der Waals surface area (Å²) in [6.07, 6.45) is 0. The van der Waals surface area contributed by atoms with Crippen LogP contribution in [-0.4, -0.2) is 16.9 Å². The number of hydrogen-bond acceptors (Lipinski definition) is 4. The molecule has 1 atom stereocenters. The molecule has 0 aliphatic heterocycles. The van der Waals surface area contributed by atoms with E-state index in [4.69, 9.17) is 5.26 Å². The van der Waals surface area contributed by atoms with Gasteiger partial charge < -0.3 is 5.32 Å². The molecule has 0 bridgehead atoms. The predicted molar refractivity (Wildman–Crippen MR) is 69.5 cm³/mol. The number of benzene rings is 1. The maximum Gasteiger partial charge on any atom is 0.272 e. The summed E-state index contributed by atoms with van der Waals surface area (Å²) in [5.41, 5.74) is 0.692. The lowest BCUT2D eigenvalue weighted by Crippen LogP contribution is -2.37. The molecule has 0 saturated heterocycles. The molecule has 19 heavy (non-hydrogen) atoms. The van der Waals surface area contributed by atoms with E-state index < -0.39 is 16.9 Å². The Labute approximate surface area is 111 Å². The monoisotopic (exact) mass is 261 g/mol. The second-order valence-electron chi connectivity index (χ2n) is 4.58. The minimum atomic E-state index is -0.581. The number of nitriles is 1. The van der Waals surface area contributed by atoms with Gasteiger partial charge in [0.1, 0.15) is 6.04 Å². The number of carbonyl (C=O) groups excluding carboxylic acids is 1. The molecular weight excluding hydrogens is 246 g/mol. The summed E-state index contributed by atoms with van der Waals surface area (Å²) in [7, 11) is 0. The average Bonchev–Trinajstić information content (AvgIpc) is 2.34. The van der Waals surface area contributed by atoms with Gasteiger partial charge in [-0.3, -0.25) is 14.9 Å². The number of nitrogens with one attached hydrogen (secondary N) is 1. The number of nitrogens with zero attached hydrogens (tertiary/aromatic N) is 2. The molecule has 1 unspecified atom stereocenters. The number of hydrogen-bond donors (Lipinski definition) is 1. The van der Waals surface area contributed by atoms with Crippen LogP contribution in [0, 0.1) is 34.3 Å². The zero-order valence-electron chi connectivity index (χ0n) is 11.0. The number of rotatable bonds is 4. The van der Waals surface area contributed by atoms with Crippen LogP contribution in [0.4, 0.5) is 5.69 Å². The van der Waals surface area contributed by atoms with Gasteiger partial charge in [-0.2, -0.15) is 5.26 Å². The Morgan fingerprint density at radius 1 is 1.47 bits per heavy atom. The molecule has 6 nitrogen and oxygen atoms in total. The van der Waals surface area contributed by atoms with E-state index in [1.54, 1.807) is 6.92 Å². The van der Waals surface area contributed by atoms with Gasteiger partial charge in [-0.25, -0.2) is 0 Å². The lowest BCUT2D eigenvalue weighted by Gasteiger charge is -2.14. The SMILES string of the molecule is Cc1cc(C(=O)NC(C#N)C(C)C)ccc1[N+](=O)[O-]. The van der Waals surface area contributed by atoms with Gasteiger partial charge in [-0.05, 0) is 25.0 Å². The molecule has 0 aliphatic carbocycles. The molecular formula is C13H15N3O3. The van der Waals surface area contributed by atoms with Gasteiger partial charge in [0, 0.05) is 17.2 Å². The molecule has 1 amide bonds. The Balaban J connectivity index is 2.93. The normalized spacial score (nSPS) is 11.7. The van der Waals surface area contributed by atoms with Crippen LogP contribution in [0.5, 0.6) is 0 Å². The fraction of sp³-hybridized carbons (Fsp3) is 0.385. The van der Waals surface area contributed by atoms with Crippen molar-refractivity contribution in [1.29, 1.82) is 5.26 Å². The van der Waals surface area contributed by atoms with E-state index in [0.29, 0.717) is 11.1 Å². The van der Waals surface area contributed by atoms with Crippen LogP contribution in [0.1, 0.15) is 29.8 Å². The highest BCUT2D eigenvalue weighted by molar-refractivity contribution is 5.95. The summed E-state index contributed by atoms with van der Waals surface area (Å²) in [5.74, 6) is -0.411. The van der Waals surface area contributed by atoms with Crippen molar-refractivity contribution in [3.05, 3.63) is 39.4 Å². The topological polar surface area (TPSA) is 96.0 Å². The Hall–Kier alpha value is -2.42. The highest BCUT2D eigenvalue weighted by atomic mass is 16.6. The van der Waals surface area contributed by atoms with Crippen molar-refractivity contribution in [2.24, 2.45) is 5.92 Å². The van der Waals surface area contributed by atoms with E-state index in [1.807, 2.05) is 19.9 Å². The van der Waals surface area contributed by atoms with Gasteiger partial charge >= 0.3 is 0 Å². The second kappa shape index (κ2) is 5.96. The predicted octanol–water partition coefficient (Wildman–Crippen LogP) is 2.18. The number of nitro benzene ring substituents is 1. The molecule has 0 spiro atoms. The van der Waals surface area contributed by atoms with Gasteiger partial charge in [0.2, 0.25) is 0 Å². The third-order valence-electron chi connectivity index (χ3n) is 2.75. The molecule has 0 fully saturated rings. The molecule has 1 aromatic rings. The van der Waals surface area contributed by atoms with E-state index in [2.05, 4.69) is 5.32 Å². The van der Waals surface area contributed by atoms with Gasteiger partial charge in [0.15, 0.2) is 0 Å². The van der Waals surface area contributed by atoms with Crippen LogP contribution in [-0.2, 0) is 0 Å². The average molecular weight is 261 g/mol. The first-order valence-electron chi connectivity index (χ1n) is 5.82. The van der Waals surface area contributed by atoms with E-state index in [-0.39, 0.29) is 11.6 Å². The van der Waals surface area contributed by atoms with Gasteiger partial charge in [0.25, 0.3) is 11.6 Å². The zero-order valence-corrected chi connectivity index (χ0v) is 11.0. The third kappa shape index (κ3) is 3.52. The van der Waals surface area contributed by atoms with E-state index in [1.165, 1.54) is 18.2 Å². The number of nitro groups is 1. The third-order valence-corrected chi connectivity index (χ3v) is 2.75. The van der Waals surface area contributed by atoms with Crippen LogP contribution in [0.15, 0.2) is 18.2 Å². The minimum absolute atomic E-state index is 0.00639. The van der Waals surface area contributed by atoms with Crippen molar-refractivity contribution < 1.29 is 9.72 Å². The summed E-state index contributed by atoms with van der Waals surface area (Å²) in [5, 5.41) is 22.2. The zero-order chi connectivity index (χ0) is 14.6. The van der Waals surface area contributed by atoms with Crippen LogP contribution in [0.3, 0.4) is 0 Å². The number of amides is 1. The maximum absolute atomic E-state index is 11.9. The summed E-state index contributed by atoms with van der Waals surface area (Å²) < 4.78 is 0. The highest BCUT2D eigenvalue weighted by Crippen LogP contribution is 2.18. The molecule has 0 saturated carbocycles. The fourth-order valence-corrected chi connectivity index (χ4v) is 1.57. The number of aryl methyl sites for hydroxylation is 1. The Morgan fingerprint density at radius 2 is 2.11 bits per heavy atom. The summed E-state index contributed by atoms with van der Waals surface area (Å²) >= 11 is 0. The van der Waals surface area contributed by atoms with Crippen LogP contribution in [0.2, 0.25) is 0 Å². The molecule has 1 N–H and O–H groups in total. The van der Waals surface area contributed by atoms with Gasteiger partial charge in [0.05, 0.1) is 11.0 Å². The van der Waals surface area contributed by atoms with Crippen molar-refractivity contribution in [3.8, 4) is 6.07 Å². The smallest absolute Gasteiger partial charge is 0.272 e. The summed E-state index contributed by atoms with van der Waals surface area (Å²) in [6, 6.07) is 5.55. The van der Waals surface area contributed by atoms with E-state index in [9.17, 15) is 14.9 Å². The Kier molecular flexibility index (Phi) is 4.59. The molecule has 0 aromatic heterocycles. The first kappa shape index (κ1) is 14.6. The number of carbonyl (C=O) groups is 1. The lowest BCUT2D eigenvalue weighted by molar-refractivity contribution is -0.385. The molecule has 6 heteroatoms. The first-order chi connectivity index (χ1) is 8.86. The van der Waals surface area contributed by atoms with Crippen molar-refractivity contribution in [1.82, 2.24) is 5.32 Å². The van der Waals surface area contributed by atoms with Crippen LogP contribution < -0.4 is 5.32 Å². The minimum Gasteiger partial charge on any atom is -0.336 e. The van der Waals surface area contributed by atoms with Crippen molar-refractivity contribution in [2.75, 3.05) is 0 Å². The Morgan fingerprint density at radius 3 is 2.53 bits per heavy atom. The molecule has 0 radical (unpaired) electrons. The van der Waals surface area contributed by atoms with E-state index >= 15 is 0 Å². The van der Waals surface area contributed by atoms with E-state index in [0.717, 1.165) is 0 Å². The summed E-state index contributed by atoms with van der Waals surface area (Å²) in [6.45, 7) is 5.23. The molecule has 0 aliphatic rings. The fourth-order valence-electron chi connectivity index (χ4n) is 1.57. The summed E-state index contributed by atoms with van der Waals surface area (Å²) in [4.78, 5) is 22.1. The molecule has 1 rings (SSSR count). The first-order valence-corrected chi connectivity index (χ1v) is 5.82. The quantitative estimate of drug-likeness (QED) is 0.663. The standard InChI is InChI=1S/C13H15N3O3/c1-8(2)11(7-14)15-13(17)10-4-5-12(16(18)19)9(3)6-10/h4-6,8,11H,1-3H3,(H,15,17).